The molecule has 100 valence electrons. The lowest BCUT2D eigenvalue weighted by atomic mass is 9.96. The molecule has 1 aromatic rings. The van der Waals surface area contributed by atoms with Crippen LogP contribution in [0.1, 0.15) is 18.9 Å². The first-order valence-corrected chi connectivity index (χ1v) is 5.86. The highest BCUT2D eigenvalue weighted by molar-refractivity contribution is 5.73. The molecule has 0 bridgehead atoms. The van der Waals surface area contributed by atoms with Crippen molar-refractivity contribution in [2.45, 2.75) is 19.8 Å². The summed E-state index contributed by atoms with van der Waals surface area (Å²) in [5.74, 6) is -0.988. The molecule has 1 unspecified atom stereocenters. The monoisotopic (exact) mass is 254 g/mol. The summed E-state index contributed by atoms with van der Waals surface area (Å²) in [6.07, 6.45) is 0.546. The van der Waals surface area contributed by atoms with Gasteiger partial charge in [-0.2, -0.15) is 0 Å². The van der Waals surface area contributed by atoms with E-state index in [1.165, 1.54) is 12.1 Å². The molecular formula is C13H18O5. The van der Waals surface area contributed by atoms with E-state index in [9.17, 15) is 15.0 Å². The number of hydrogen-bond donors (Lipinski definition) is 3. The molecule has 1 aromatic carbocycles. The van der Waals surface area contributed by atoms with Gasteiger partial charge in [0.1, 0.15) is 11.5 Å². The molecular weight excluding hydrogens is 236 g/mol. The van der Waals surface area contributed by atoms with Crippen LogP contribution >= 0.6 is 0 Å². The summed E-state index contributed by atoms with van der Waals surface area (Å²) in [6, 6.07) is 4.21. The maximum absolute atomic E-state index is 11.7. The molecule has 0 aromatic heterocycles. The lowest BCUT2D eigenvalue weighted by molar-refractivity contribution is -0.148. The van der Waals surface area contributed by atoms with E-state index < -0.39 is 5.92 Å². The maximum Gasteiger partial charge on any atom is 0.309 e. The number of aliphatic hydroxyl groups excluding tert-OH is 1. The molecule has 0 amide bonds. The summed E-state index contributed by atoms with van der Waals surface area (Å²) < 4.78 is 4.91. The fourth-order valence-corrected chi connectivity index (χ4v) is 1.71. The van der Waals surface area contributed by atoms with Crippen LogP contribution < -0.4 is 0 Å². The van der Waals surface area contributed by atoms with Crippen molar-refractivity contribution in [3.63, 3.8) is 0 Å². The second kappa shape index (κ2) is 6.86. The number of ether oxygens (including phenoxy) is 1. The van der Waals surface area contributed by atoms with Gasteiger partial charge < -0.3 is 20.1 Å². The lowest BCUT2D eigenvalue weighted by Crippen LogP contribution is -2.21. The lowest BCUT2D eigenvalue weighted by Gasteiger charge is -2.15. The molecule has 0 spiro atoms. The Morgan fingerprint density at radius 3 is 2.67 bits per heavy atom. The number of rotatable bonds is 6. The summed E-state index contributed by atoms with van der Waals surface area (Å²) in [4.78, 5) is 11.7. The highest BCUT2D eigenvalue weighted by atomic mass is 16.5. The Hall–Kier alpha value is -1.75. The van der Waals surface area contributed by atoms with Gasteiger partial charge in [0.05, 0.1) is 12.5 Å². The van der Waals surface area contributed by atoms with E-state index in [4.69, 9.17) is 9.84 Å². The van der Waals surface area contributed by atoms with Gasteiger partial charge in [0, 0.05) is 12.7 Å². The number of aliphatic hydroxyl groups is 1. The molecule has 0 fully saturated rings. The van der Waals surface area contributed by atoms with Crippen molar-refractivity contribution >= 4 is 5.97 Å². The van der Waals surface area contributed by atoms with Crippen molar-refractivity contribution in [3.8, 4) is 11.5 Å². The van der Waals surface area contributed by atoms with Crippen molar-refractivity contribution in [1.29, 1.82) is 0 Å². The molecule has 0 radical (unpaired) electrons. The summed E-state index contributed by atoms with van der Waals surface area (Å²) in [6.45, 7) is 1.87. The van der Waals surface area contributed by atoms with Gasteiger partial charge in [-0.3, -0.25) is 4.79 Å². The number of aromatic hydroxyl groups is 2. The Bertz CT molecular complexity index is 402. The Morgan fingerprint density at radius 2 is 2.11 bits per heavy atom. The van der Waals surface area contributed by atoms with Crippen LogP contribution in [0.4, 0.5) is 0 Å². The van der Waals surface area contributed by atoms with Crippen LogP contribution in [0, 0.1) is 5.92 Å². The van der Waals surface area contributed by atoms with E-state index >= 15 is 0 Å². The van der Waals surface area contributed by atoms with Crippen LogP contribution in [-0.4, -0.2) is 34.5 Å². The first kappa shape index (κ1) is 14.3. The van der Waals surface area contributed by atoms with Crippen LogP contribution in [0.5, 0.6) is 11.5 Å². The van der Waals surface area contributed by atoms with Crippen molar-refractivity contribution in [3.05, 3.63) is 23.8 Å². The summed E-state index contributed by atoms with van der Waals surface area (Å²) >= 11 is 0. The van der Waals surface area contributed by atoms with E-state index in [2.05, 4.69) is 0 Å². The van der Waals surface area contributed by atoms with E-state index in [1.54, 1.807) is 13.0 Å². The van der Waals surface area contributed by atoms with Gasteiger partial charge in [0.2, 0.25) is 0 Å². The minimum absolute atomic E-state index is 0.0360. The van der Waals surface area contributed by atoms with E-state index in [1.807, 2.05) is 0 Å². The van der Waals surface area contributed by atoms with Gasteiger partial charge in [-0.1, -0.05) is 6.07 Å². The Labute approximate surface area is 106 Å². The predicted molar refractivity (Wildman–Crippen MR) is 65.3 cm³/mol. The number of phenols is 2. The van der Waals surface area contributed by atoms with E-state index in [0.29, 0.717) is 5.56 Å². The molecule has 0 aliphatic carbocycles. The number of benzene rings is 1. The van der Waals surface area contributed by atoms with Crippen LogP contribution in [-0.2, 0) is 16.0 Å². The molecule has 1 rings (SSSR count). The van der Waals surface area contributed by atoms with Gasteiger partial charge in [0.15, 0.2) is 0 Å². The topological polar surface area (TPSA) is 87.0 Å². The van der Waals surface area contributed by atoms with Crippen LogP contribution in [0.3, 0.4) is 0 Å². The van der Waals surface area contributed by atoms with Crippen molar-refractivity contribution in [2.24, 2.45) is 5.92 Å². The molecule has 18 heavy (non-hydrogen) atoms. The van der Waals surface area contributed by atoms with Crippen LogP contribution in [0.2, 0.25) is 0 Å². The third-order valence-electron chi connectivity index (χ3n) is 2.63. The standard InChI is InChI=1S/C13H18O5/c1-2-18-13(17)10(5-6-14)7-9-3-4-11(15)8-12(9)16/h3-4,8,10,14-16H,2,5-7H2,1H3. The van der Waals surface area contributed by atoms with Gasteiger partial charge in [-0.15, -0.1) is 0 Å². The van der Waals surface area contributed by atoms with Crippen molar-refractivity contribution in [1.82, 2.24) is 0 Å². The SMILES string of the molecule is CCOC(=O)C(CCO)Cc1ccc(O)cc1O. The van der Waals surface area contributed by atoms with Gasteiger partial charge in [0.25, 0.3) is 0 Å². The Morgan fingerprint density at radius 1 is 1.39 bits per heavy atom. The summed E-state index contributed by atoms with van der Waals surface area (Å²) in [7, 11) is 0. The first-order chi connectivity index (χ1) is 8.58. The molecule has 3 N–H and O–H groups in total. The molecule has 5 heteroatoms. The van der Waals surface area contributed by atoms with Crippen molar-refractivity contribution < 1.29 is 24.9 Å². The van der Waals surface area contributed by atoms with Gasteiger partial charge >= 0.3 is 5.97 Å². The highest BCUT2D eigenvalue weighted by Crippen LogP contribution is 2.26. The molecule has 0 heterocycles. The molecule has 0 aliphatic rings. The molecule has 0 saturated heterocycles. The third-order valence-corrected chi connectivity index (χ3v) is 2.63. The zero-order valence-corrected chi connectivity index (χ0v) is 10.3. The molecule has 0 saturated carbocycles. The minimum atomic E-state index is -0.495. The zero-order valence-electron chi connectivity index (χ0n) is 10.3. The Kier molecular flexibility index (Phi) is 5.45. The third kappa shape index (κ3) is 3.92. The van der Waals surface area contributed by atoms with Crippen LogP contribution in [0.25, 0.3) is 0 Å². The molecule has 5 nitrogen and oxygen atoms in total. The van der Waals surface area contributed by atoms with Crippen LogP contribution in [0.15, 0.2) is 18.2 Å². The molecule has 1 atom stereocenters. The highest BCUT2D eigenvalue weighted by Gasteiger charge is 2.21. The fraction of sp³-hybridized carbons (Fsp3) is 0.462. The smallest absolute Gasteiger partial charge is 0.309 e. The average Bonchev–Trinajstić information content (AvgIpc) is 2.32. The maximum atomic E-state index is 11.7. The van der Waals surface area contributed by atoms with Gasteiger partial charge in [-0.05, 0) is 31.4 Å². The zero-order chi connectivity index (χ0) is 13.5. The number of carbonyl (C=O) groups excluding carboxylic acids is 1. The van der Waals surface area contributed by atoms with E-state index in [0.717, 1.165) is 0 Å². The predicted octanol–water partition coefficient (Wildman–Crippen LogP) is 1.20. The molecule has 0 aliphatic heterocycles. The fourth-order valence-electron chi connectivity index (χ4n) is 1.71. The van der Waals surface area contributed by atoms with E-state index in [-0.39, 0.29) is 43.5 Å². The number of hydrogen-bond acceptors (Lipinski definition) is 5. The summed E-state index contributed by atoms with van der Waals surface area (Å²) in [5, 5.41) is 27.8. The number of carbonyl (C=O) groups is 1. The Balaban J connectivity index is 2.79. The normalized spacial score (nSPS) is 12.1. The number of esters is 1. The average molecular weight is 254 g/mol. The number of phenolic OH excluding ortho intramolecular Hbond substituents is 2. The first-order valence-electron chi connectivity index (χ1n) is 5.86. The minimum Gasteiger partial charge on any atom is -0.508 e. The second-order valence-electron chi connectivity index (χ2n) is 3.98. The van der Waals surface area contributed by atoms with Gasteiger partial charge in [-0.25, -0.2) is 0 Å². The second-order valence-corrected chi connectivity index (χ2v) is 3.98. The van der Waals surface area contributed by atoms with Crippen molar-refractivity contribution in [2.75, 3.05) is 13.2 Å². The quantitative estimate of drug-likeness (QED) is 0.664. The summed E-state index contributed by atoms with van der Waals surface area (Å²) in [5.41, 5.74) is 0.541. The largest absolute Gasteiger partial charge is 0.508 e.